The molecule has 3 heteroatoms. The van der Waals surface area contributed by atoms with Crippen LogP contribution in [0.5, 0.6) is 0 Å². The Kier molecular flexibility index (Phi) is 5.04. The van der Waals surface area contributed by atoms with Gasteiger partial charge in [-0.05, 0) is 49.8 Å². The third-order valence-corrected chi connectivity index (χ3v) is 4.50. The maximum Gasteiger partial charge on any atom is 0.242 e. The summed E-state index contributed by atoms with van der Waals surface area (Å²) in [5.74, 6) is 0.749. The topological polar surface area (TPSA) is 32.3 Å². The van der Waals surface area contributed by atoms with E-state index in [1.807, 2.05) is 18.9 Å². The number of carbonyl (C=O) groups is 1. The van der Waals surface area contributed by atoms with Crippen molar-refractivity contribution in [3.8, 4) is 0 Å². The quantitative estimate of drug-likeness (QED) is 0.922. The van der Waals surface area contributed by atoms with Crippen LogP contribution in [0.25, 0.3) is 0 Å². The molecule has 2 rings (SSSR count). The van der Waals surface area contributed by atoms with Gasteiger partial charge in [-0.3, -0.25) is 4.79 Å². The van der Waals surface area contributed by atoms with Crippen molar-refractivity contribution in [3.63, 3.8) is 0 Å². The molecule has 0 aliphatic carbocycles. The van der Waals surface area contributed by atoms with Crippen LogP contribution in [0.2, 0.25) is 0 Å². The van der Waals surface area contributed by atoms with E-state index >= 15 is 0 Å². The van der Waals surface area contributed by atoms with Crippen molar-refractivity contribution in [3.05, 3.63) is 35.4 Å². The Morgan fingerprint density at radius 1 is 1.29 bits per heavy atom. The molecule has 0 bridgehead atoms. The van der Waals surface area contributed by atoms with Crippen LogP contribution in [0, 0.1) is 0 Å². The average molecular weight is 288 g/mol. The Bertz CT molecular complexity index is 472. The Morgan fingerprint density at radius 2 is 1.95 bits per heavy atom. The fraction of sp³-hybridized carbons (Fsp3) is 0.611. The number of hydrogen-bond acceptors (Lipinski definition) is 2. The standard InChI is InChI=1S/C18H28N2O/c1-14(2)16-9-7-15(8-10-16)13-20(4)17(21)18(3)11-5-6-12-19-18/h7-10,14,19H,5-6,11-13H2,1-4H3. The first-order valence-electron chi connectivity index (χ1n) is 8.02. The predicted octanol–water partition coefficient (Wildman–Crippen LogP) is 3.30. The molecule has 1 heterocycles. The number of benzene rings is 1. The number of hydrogen-bond donors (Lipinski definition) is 1. The van der Waals surface area contributed by atoms with Gasteiger partial charge in [0.05, 0.1) is 5.54 Å². The highest BCUT2D eigenvalue weighted by Gasteiger charge is 2.36. The largest absolute Gasteiger partial charge is 0.340 e. The first-order chi connectivity index (χ1) is 9.92. The minimum absolute atomic E-state index is 0.204. The Morgan fingerprint density at radius 3 is 2.48 bits per heavy atom. The number of rotatable bonds is 4. The van der Waals surface area contributed by atoms with E-state index in [1.54, 1.807) is 0 Å². The lowest BCUT2D eigenvalue weighted by atomic mass is 9.89. The van der Waals surface area contributed by atoms with Gasteiger partial charge in [-0.25, -0.2) is 0 Å². The summed E-state index contributed by atoms with van der Waals surface area (Å²) in [7, 11) is 1.90. The Labute approximate surface area is 128 Å². The van der Waals surface area contributed by atoms with Gasteiger partial charge in [0.15, 0.2) is 0 Å². The zero-order valence-electron chi connectivity index (χ0n) is 13.8. The molecule has 1 unspecified atom stereocenters. The van der Waals surface area contributed by atoms with Gasteiger partial charge in [0.2, 0.25) is 5.91 Å². The summed E-state index contributed by atoms with van der Waals surface area (Å²) in [6.07, 6.45) is 3.23. The molecular weight excluding hydrogens is 260 g/mol. The number of nitrogens with zero attached hydrogens (tertiary/aromatic N) is 1. The van der Waals surface area contributed by atoms with E-state index in [4.69, 9.17) is 0 Å². The van der Waals surface area contributed by atoms with E-state index in [1.165, 1.54) is 17.5 Å². The lowest BCUT2D eigenvalue weighted by Crippen LogP contribution is -2.57. The molecule has 1 atom stereocenters. The minimum Gasteiger partial charge on any atom is -0.340 e. The van der Waals surface area contributed by atoms with Gasteiger partial charge in [0.1, 0.15) is 0 Å². The molecule has 1 fully saturated rings. The van der Waals surface area contributed by atoms with E-state index in [2.05, 4.69) is 43.4 Å². The second-order valence-corrected chi connectivity index (χ2v) is 6.77. The van der Waals surface area contributed by atoms with Crippen molar-refractivity contribution in [2.24, 2.45) is 0 Å². The van der Waals surface area contributed by atoms with Crippen LogP contribution in [-0.2, 0) is 11.3 Å². The molecule has 1 aliphatic rings. The molecule has 3 nitrogen and oxygen atoms in total. The lowest BCUT2D eigenvalue weighted by molar-refractivity contribution is -0.137. The van der Waals surface area contributed by atoms with Gasteiger partial charge in [-0.1, -0.05) is 38.1 Å². The monoisotopic (exact) mass is 288 g/mol. The highest BCUT2D eigenvalue weighted by molar-refractivity contribution is 5.85. The molecule has 0 aromatic heterocycles. The third-order valence-electron chi connectivity index (χ3n) is 4.50. The van der Waals surface area contributed by atoms with Crippen molar-refractivity contribution >= 4 is 5.91 Å². The second kappa shape index (κ2) is 6.61. The number of amides is 1. The fourth-order valence-electron chi connectivity index (χ4n) is 3.01. The van der Waals surface area contributed by atoms with Crippen LogP contribution < -0.4 is 5.32 Å². The highest BCUT2D eigenvalue weighted by atomic mass is 16.2. The van der Waals surface area contributed by atoms with Gasteiger partial charge >= 0.3 is 0 Å². The molecule has 21 heavy (non-hydrogen) atoms. The second-order valence-electron chi connectivity index (χ2n) is 6.77. The minimum atomic E-state index is -0.384. The molecule has 0 saturated carbocycles. The van der Waals surface area contributed by atoms with E-state index in [0.717, 1.165) is 19.4 Å². The predicted molar refractivity (Wildman–Crippen MR) is 87.3 cm³/mol. The van der Waals surface area contributed by atoms with Gasteiger partial charge in [0, 0.05) is 13.6 Å². The maximum absolute atomic E-state index is 12.7. The summed E-state index contributed by atoms with van der Waals surface area (Å²) in [6.45, 7) is 8.04. The van der Waals surface area contributed by atoms with Gasteiger partial charge in [0.25, 0.3) is 0 Å². The summed E-state index contributed by atoms with van der Waals surface area (Å²) in [5, 5.41) is 3.39. The summed E-state index contributed by atoms with van der Waals surface area (Å²) >= 11 is 0. The molecule has 0 spiro atoms. The van der Waals surface area contributed by atoms with Crippen LogP contribution in [0.1, 0.15) is 57.1 Å². The van der Waals surface area contributed by atoms with Crippen LogP contribution in [-0.4, -0.2) is 29.9 Å². The first kappa shape index (κ1) is 16.0. The Balaban J connectivity index is 2.00. The van der Waals surface area contributed by atoms with Crippen molar-refractivity contribution in [1.29, 1.82) is 0 Å². The first-order valence-corrected chi connectivity index (χ1v) is 8.02. The van der Waals surface area contributed by atoms with E-state index in [9.17, 15) is 4.79 Å². The maximum atomic E-state index is 12.7. The normalized spacial score (nSPS) is 22.3. The van der Waals surface area contributed by atoms with Crippen LogP contribution in [0.4, 0.5) is 0 Å². The molecule has 1 N–H and O–H groups in total. The Hall–Kier alpha value is -1.35. The highest BCUT2D eigenvalue weighted by Crippen LogP contribution is 2.22. The number of carbonyl (C=O) groups excluding carboxylic acids is 1. The van der Waals surface area contributed by atoms with E-state index in [-0.39, 0.29) is 11.4 Å². The molecule has 0 radical (unpaired) electrons. The molecule has 1 saturated heterocycles. The van der Waals surface area contributed by atoms with Crippen LogP contribution >= 0.6 is 0 Å². The third kappa shape index (κ3) is 3.85. The molecule has 1 aromatic carbocycles. The van der Waals surface area contributed by atoms with Crippen molar-refractivity contribution in [2.45, 2.75) is 58.0 Å². The fourth-order valence-corrected chi connectivity index (χ4v) is 3.01. The zero-order valence-corrected chi connectivity index (χ0v) is 13.8. The van der Waals surface area contributed by atoms with E-state index < -0.39 is 0 Å². The van der Waals surface area contributed by atoms with Crippen LogP contribution in [0.3, 0.4) is 0 Å². The van der Waals surface area contributed by atoms with Gasteiger partial charge < -0.3 is 10.2 Å². The van der Waals surface area contributed by atoms with Crippen molar-refractivity contribution in [2.75, 3.05) is 13.6 Å². The van der Waals surface area contributed by atoms with Crippen molar-refractivity contribution < 1.29 is 4.79 Å². The SMILES string of the molecule is CC(C)c1ccc(CN(C)C(=O)C2(C)CCCCN2)cc1. The van der Waals surface area contributed by atoms with Gasteiger partial charge in [-0.2, -0.15) is 0 Å². The lowest BCUT2D eigenvalue weighted by Gasteiger charge is -2.36. The summed E-state index contributed by atoms with van der Waals surface area (Å²) in [6, 6.07) is 8.60. The summed E-state index contributed by atoms with van der Waals surface area (Å²) in [5.41, 5.74) is 2.15. The van der Waals surface area contributed by atoms with E-state index in [0.29, 0.717) is 12.5 Å². The summed E-state index contributed by atoms with van der Waals surface area (Å²) < 4.78 is 0. The molecule has 1 aliphatic heterocycles. The average Bonchev–Trinajstić information content (AvgIpc) is 2.47. The smallest absolute Gasteiger partial charge is 0.242 e. The van der Waals surface area contributed by atoms with Crippen LogP contribution in [0.15, 0.2) is 24.3 Å². The van der Waals surface area contributed by atoms with Crippen molar-refractivity contribution in [1.82, 2.24) is 10.2 Å². The molecule has 1 aromatic rings. The van der Waals surface area contributed by atoms with Gasteiger partial charge in [-0.15, -0.1) is 0 Å². The number of likely N-dealkylation sites (N-methyl/N-ethyl adjacent to an activating group) is 1. The molecule has 1 amide bonds. The summed E-state index contributed by atoms with van der Waals surface area (Å²) in [4.78, 5) is 14.5. The number of nitrogens with one attached hydrogen (secondary N) is 1. The molecule has 116 valence electrons. The molecular formula is C18H28N2O. The zero-order chi connectivity index (χ0) is 15.5. The number of piperidine rings is 1.